The van der Waals surface area contributed by atoms with Crippen LogP contribution in [0.5, 0.6) is 11.5 Å². The molecule has 0 atom stereocenters. The van der Waals surface area contributed by atoms with Gasteiger partial charge in [-0.3, -0.25) is 4.79 Å². The van der Waals surface area contributed by atoms with Crippen LogP contribution in [0, 0.1) is 6.92 Å². The van der Waals surface area contributed by atoms with Gasteiger partial charge in [0.2, 0.25) is 0 Å². The van der Waals surface area contributed by atoms with Gasteiger partial charge in [-0.1, -0.05) is 60.4 Å². The smallest absolute Gasteiger partial charge is 0.263 e. The van der Waals surface area contributed by atoms with Crippen LogP contribution in [0.4, 0.5) is 0 Å². The molecule has 1 fully saturated rings. The molecule has 1 aliphatic rings. The van der Waals surface area contributed by atoms with Gasteiger partial charge in [0.05, 0.1) is 4.91 Å². The molecule has 0 aliphatic carbocycles. The Kier molecular flexibility index (Phi) is 5.73. The number of nitrogens with one attached hydrogen (secondary N) is 1. The number of benzene rings is 2. The van der Waals surface area contributed by atoms with Crippen LogP contribution in [-0.2, 0) is 4.79 Å². The van der Waals surface area contributed by atoms with E-state index in [1.165, 1.54) is 11.8 Å². The van der Waals surface area contributed by atoms with Gasteiger partial charge in [0.15, 0.2) is 0 Å². The number of aryl methyl sites for hydroxylation is 1. The Bertz CT molecular complexity index is 833. The highest BCUT2D eigenvalue weighted by Gasteiger charge is 2.22. The van der Waals surface area contributed by atoms with Crippen LogP contribution in [0.3, 0.4) is 0 Å². The summed E-state index contributed by atoms with van der Waals surface area (Å²) in [6.45, 7) is 2.85. The molecular formula is C19H17NO3S2. The van der Waals surface area contributed by atoms with Crippen molar-refractivity contribution in [1.82, 2.24) is 5.32 Å². The van der Waals surface area contributed by atoms with Crippen molar-refractivity contribution < 1.29 is 14.3 Å². The number of thioether (sulfide) groups is 1. The fourth-order valence-corrected chi connectivity index (χ4v) is 3.35. The minimum atomic E-state index is -0.173. The molecule has 0 radical (unpaired) electrons. The third-order valence-electron chi connectivity index (χ3n) is 3.54. The topological polar surface area (TPSA) is 47.6 Å². The molecule has 4 nitrogen and oxygen atoms in total. The van der Waals surface area contributed by atoms with E-state index in [4.69, 9.17) is 21.7 Å². The predicted octanol–water partition coefficient (Wildman–Crippen LogP) is 3.94. The molecule has 0 unspecified atom stereocenters. The van der Waals surface area contributed by atoms with Crippen LogP contribution in [0.25, 0.3) is 6.08 Å². The first kappa shape index (κ1) is 17.5. The number of ether oxygens (including phenoxy) is 2. The first-order valence-electron chi connectivity index (χ1n) is 7.78. The molecule has 25 heavy (non-hydrogen) atoms. The maximum atomic E-state index is 11.8. The van der Waals surface area contributed by atoms with Crippen molar-refractivity contribution in [1.29, 1.82) is 0 Å². The van der Waals surface area contributed by atoms with Crippen LogP contribution in [-0.4, -0.2) is 23.4 Å². The summed E-state index contributed by atoms with van der Waals surface area (Å²) in [5.41, 5.74) is 1.92. The van der Waals surface area contributed by atoms with E-state index >= 15 is 0 Å². The highest BCUT2D eigenvalue weighted by Crippen LogP contribution is 2.29. The van der Waals surface area contributed by atoms with E-state index in [1.807, 2.05) is 55.5 Å². The fourth-order valence-electron chi connectivity index (χ4n) is 2.32. The molecule has 1 saturated heterocycles. The number of hydrogen-bond acceptors (Lipinski definition) is 5. The molecule has 0 aromatic heterocycles. The summed E-state index contributed by atoms with van der Waals surface area (Å²) in [4.78, 5) is 12.4. The molecular weight excluding hydrogens is 354 g/mol. The lowest BCUT2D eigenvalue weighted by atomic mass is 10.2. The third-order valence-corrected chi connectivity index (χ3v) is 4.70. The summed E-state index contributed by atoms with van der Waals surface area (Å²) in [6.07, 6.45) is 1.79. The maximum absolute atomic E-state index is 11.8. The summed E-state index contributed by atoms with van der Waals surface area (Å²) < 4.78 is 12.0. The Labute approximate surface area is 156 Å². The van der Waals surface area contributed by atoms with Gasteiger partial charge in [0.1, 0.15) is 29.0 Å². The summed E-state index contributed by atoms with van der Waals surface area (Å²) in [5, 5.41) is 2.61. The zero-order valence-corrected chi connectivity index (χ0v) is 15.3. The van der Waals surface area contributed by atoms with Gasteiger partial charge in [0, 0.05) is 5.56 Å². The zero-order chi connectivity index (χ0) is 17.6. The van der Waals surface area contributed by atoms with E-state index in [9.17, 15) is 4.79 Å². The summed E-state index contributed by atoms with van der Waals surface area (Å²) >= 11 is 6.26. The van der Waals surface area contributed by atoms with Crippen LogP contribution in [0.15, 0.2) is 53.4 Å². The minimum absolute atomic E-state index is 0.173. The predicted molar refractivity (Wildman–Crippen MR) is 105 cm³/mol. The molecule has 128 valence electrons. The van der Waals surface area contributed by atoms with E-state index < -0.39 is 0 Å². The van der Waals surface area contributed by atoms with Crippen molar-refractivity contribution in [2.45, 2.75) is 6.92 Å². The number of thiocarbonyl (C=S) groups is 1. The standard InChI is InChI=1S/C19H17NO3S2/c1-13-6-2-4-8-15(13)22-10-11-23-16-9-5-3-7-14(16)12-17-18(21)20-19(24)25-17/h2-9,12H,10-11H2,1H3,(H,20,21,24)/b17-12-. The Balaban J connectivity index is 1.62. The molecule has 1 heterocycles. The van der Waals surface area contributed by atoms with Crippen molar-refractivity contribution >= 4 is 40.3 Å². The average molecular weight is 371 g/mol. The lowest BCUT2D eigenvalue weighted by Crippen LogP contribution is -2.17. The van der Waals surface area contributed by atoms with Crippen molar-refractivity contribution in [2.24, 2.45) is 0 Å². The lowest BCUT2D eigenvalue weighted by molar-refractivity contribution is -0.115. The molecule has 2 aromatic carbocycles. The van der Waals surface area contributed by atoms with Crippen LogP contribution in [0.2, 0.25) is 0 Å². The SMILES string of the molecule is Cc1ccccc1OCCOc1ccccc1/C=C1\SC(=S)NC1=O. The molecule has 0 bridgehead atoms. The molecule has 1 amide bonds. The summed E-state index contributed by atoms with van der Waals surface area (Å²) in [5.74, 6) is 1.39. The van der Waals surface area contributed by atoms with Gasteiger partial charge < -0.3 is 14.8 Å². The van der Waals surface area contributed by atoms with Crippen LogP contribution < -0.4 is 14.8 Å². The summed E-state index contributed by atoms with van der Waals surface area (Å²) in [6, 6.07) is 15.4. The molecule has 0 spiro atoms. The summed E-state index contributed by atoms with van der Waals surface area (Å²) in [7, 11) is 0. The van der Waals surface area contributed by atoms with Gasteiger partial charge in [0.25, 0.3) is 5.91 Å². The second kappa shape index (κ2) is 8.18. The minimum Gasteiger partial charge on any atom is -0.490 e. The monoisotopic (exact) mass is 371 g/mol. The zero-order valence-electron chi connectivity index (χ0n) is 13.7. The van der Waals surface area contributed by atoms with Crippen molar-refractivity contribution in [2.75, 3.05) is 13.2 Å². The molecule has 2 aromatic rings. The largest absolute Gasteiger partial charge is 0.490 e. The number of para-hydroxylation sites is 2. The van der Waals surface area contributed by atoms with Crippen molar-refractivity contribution in [3.63, 3.8) is 0 Å². The van der Waals surface area contributed by atoms with Gasteiger partial charge in [-0.25, -0.2) is 0 Å². The maximum Gasteiger partial charge on any atom is 0.263 e. The van der Waals surface area contributed by atoms with E-state index in [0.29, 0.717) is 28.2 Å². The Morgan fingerprint density at radius 2 is 1.68 bits per heavy atom. The number of carbonyl (C=O) groups is 1. The van der Waals surface area contributed by atoms with E-state index in [2.05, 4.69) is 5.32 Å². The first-order chi connectivity index (χ1) is 12.1. The molecule has 0 saturated carbocycles. The molecule has 1 N–H and O–H groups in total. The third kappa shape index (κ3) is 4.61. The quantitative estimate of drug-likeness (QED) is 0.473. The number of amides is 1. The van der Waals surface area contributed by atoms with Crippen LogP contribution in [0.1, 0.15) is 11.1 Å². The average Bonchev–Trinajstić information content (AvgIpc) is 2.92. The molecule has 3 rings (SSSR count). The van der Waals surface area contributed by atoms with Crippen molar-refractivity contribution in [3.8, 4) is 11.5 Å². The highest BCUT2D eigenvalue weighted by molar-refractivity contribution is 8.26. The van der Waals surface area contributed by atoms with Gasteiger partial charge in [-0.2, -0.15) is 0 Å². The Hall–Kier alpha value is -2.31. The normalized spacial score (nSPS) is 15.3. The molecule has 6 heteroatoms. The van der Waals surface area contributed by atoms with Crippen molar-refractivity contribution in [3.05, 3.63) is 64.6 Å². The second-order valence-corrected chi connectivity index (χ2v) is 7.07. The van der Waals surface area contributed by atoms with E-state index in [-0.39, 0.29) is 5.91 Å². The Morgan fingerprint density at radius 3 is 2.36 bits per heavy atom. The molecule has 1 aliphatic heterocycles. The lowest BCUT2D eigenvalue weighted by Gasteiger charge is -2.11. The van der Waals surface area contributed by atoms with Crippen LogP contribution >= 0.6 is 24.0 Å². The number of rotatable bonds is 6. The fraction of sp³-hybridized carbons (Fsp3) is 0.158. The van der Waals surface area contributed by atoms with Gasteiger partial charge in [-0.05, 0) is 30.7 Å². The number of carbonyl (C=O) groups excluding carboxylic acids is 1. The Morgan fingerprint density at radius 1 is 1.04 bits per heavy atom. The highest BCUT2D eigenvalue weighted by atomic mass is 32.2. The van der Waals surface area contributed by atoms with Gasteiger partial charge >= 0.3 is 0 Å². The number of hydrogen-bond donors (Lipinski definition) is 1. The second-order valence-electron chi connectivity index (χ2n) is 5.35. The van der Waals surface area contributed by atoms with E-state index in [1.54, 1.807) is 6.08 Å². The van der Waals surface area contributed by atoms with Gasteiger partial charge in [-0.15, -0.1) is 0 Å². The van der Waals surface area contributed by atoms with E-state index in [0.717, 1.165) is 16.9 Å². The first-order valence-corrected chi connectivity index (χ1v) is 9.01.